The first-order valence-electron chi connectivity index (χ1n) is 9.98. The lowest BCUT2D eigenvalue weighted by Crippen LogP contribution is -2.31. The van der Waals surface area contributed by atoms with Gasteiger partial charge in [0.15, 0.2) is 5.82 Å². The fourth-order valence-electron chi connectivity index (χ4n) is 3.71. The van der Waals surface area contributed by atoms with Crippen molar-refractivity contribution >= 4 is 28.9 Å². The number of carbonyl (C=O) groups is 1. The van der Waals surface area contributed by atoms with Gasteiger partial charge in [0.05, 0.1) is 18.4 Å². The second kappa shape index (κ2) is 8.27. The Bertz CT molecular complexity index is 1300. The third-order valence-corrected chi connectivity index (χ3v) is 6.11. The van der Waals surface area contributed by atoms with Gasteiger partial charge in [0, 0.05) is 28.5 Å². The lowest BCUT2D eigenvalue weighted by molar-refractivity contribution is -0.113. The molecule has 0 fully saturated rings. The number of ether oxygens (including phenoxy) is 1. The molecule has 0 aliphatic carbocycles. The van der Waals surface area contributed by atoms with E-state index in [1.807, 2.05) is 60.8 Å². The molecule has 5 rings (SSSR count). The van der Waals surface area contributed by atoms with Gasteiger partial charge in [-0.3, -0.25) is 9.78 Å². The van der Waals surface area contributed by atoms with Gasteiger partial charge in [0.2, 0.25) is 5.95 Å². The van der Waals surface area contributed by atoms with Gasteiger partial charge in [-0.05, 0) is 42.6 Å². The maximum atomic E-state index is 13.5. The van der Waals surface area contributed by atoms with Crippen molar-refractivity contribution in [1.29, 1.82) is 0 Å². The maximum Gasteiger partial charge on any atom is 0.256 e. The number of fused-ring (bicyclic) bond motifs is 1. The standard InChI is InChI=1S/C23H20N6O2S/c1-14-19(22(30)26-16-8-3-4-9-17(16)31-2)20(18-10-6-12-32-18)29-23(25-14)27-21(28-29)15-7-5-11-24-13-15/h3-13,20H,1-2H3,(H,26,30)(H,25,27,28). The van der Waals surface area contributed by atoms with Crippen molar-refractivity contribution < 1.29 is 9.53 Å². The molecule has 0 radical (unpaired) electrons. The molecule has 0 spiro atoms. The van der Waals surface area contributed by atoms with E-state index in [0.717, 1.165) is 10.4 Å². The number of pyridine rings is 1. The number of benzene rings is 1. The Morgan fingerprint density at radius 2 is 2.06 bits per heavy atom. The quantitative estimate of drug-likeness (QED) is 0.476. The van der Waals surface area contributed by atoms with E-state index in [-0.39, 0.29) is 5.91 Å². The highest BCUT2D eigenvalue weighted by molar-refractivity contribution is 7.10. The summed E-state index contributed by atoms with van der Waals surface area (Å²) in [7, 11) is 1.58. The number of amides is 1. The van der Waals surface area contributed by atoms with Crippen LogP contribution in [0.15, 0.2) is 77.6 Å². The molecule has 0 saturated carbocycles. The van der Waals surface area contributed by atoms with E-state index < -0.39 is 6.04 Å². The number of nitrogens with one attached hydrogen (secondary N) is 2. The number of carbonyl (C=O) groups excluding carboxylic acids is 1. The molecule has 0 bridgehead atoms. The molecule has 3 aromatic heterocycles. The maximum absolute atomic E-state index is 13.5. The highest BCUT2D eigenvalue weighted by atomic mass is 32.1. The van der Waals surface area contributed by atoms with Gasteiger partial charge in [-0.15, -0.1) is 16.4 Å². The van der Waals surface area contributed by atoms with Crippen molar-refractivity contribution in [3.8, 4) is 17.1 Å². The van der Waals surface area contributed by atoms with Crippen LogP contribution in [0.2, 0.25) is 0 Å². The van der Waals surface area contributed by atoms with Crippen LogP contribution < -0.4 is 15.4 Å². The summed E-state index contributed by atoms with van der Waals surface area (Å²) < 4.78 is 7.15. The van der Waals surface area contributed by atoms with Crippen LogP contribution in [0.3, 0.4) is 0 Å². The Balaban J connectivity index is 1.57. The van der Waals surface area contributed by atoms with Crippen LogP contribution in [-0.4, -0.2) is 32.8 Å². The number of methoxy groups -OCH3 is 1. The zero-order valence-corrected chi connectivity index (χ0v) is 18.3. The first kappa shape index (κ1) is 20.0. The summed E-state index contributed by atoms with van der Waals surface area (Å²) in [6, 6.07) is 14.6. The molecule has 1 unspecified atom stereocenters. The minimum absolute atomic E-state index is 0.234. The Hall–Kier alpha value is -3.98. The lowest BCUT2D eigenvalue weighted by atomic mass is 10.0. The SMILES string of the molecule is COc1ccccc1NC(=O)C1=C(C)Nc2nc(-c3cccnc3)nn2C1c1cccs1. The van der Waals surface area contributed by atoms with Crippen LogP contribution in [0.4, 0.5) is 11.6 Å². The number of anilines is 2. The third kappa shape index (κ3) is 3.52. The highest BCUT2D eigenvalue weighted by Crippen LogP contribution is 2.38. The highest BCUT2D eigenvalue weighted by Gasteiger charge is 2.35. The summed E-state index contributed by atoms with van der Waals surface area (Å²) >= 11 is 1.57. The molecule has 2 N–H and O–H groups in total. The number of allylic oxidation sites excluding steroid dienone is 1. The molecule has 160 valence electrons. The van der Waals surface area contributed by atoms with Gasteiger partial charge in [0.1, 0.15) is 11.8 Å². The monoisotopic (exact) mass is 444 g/mol. The number of para-hydroxylation sites is 2. The van der Waals surface area contributed by atoms with E-state index in [4.69, 9.17) is 9.84 Å². The Labute approximate surface area is 188 Å². The van der Waals surface area contributed by atoms with Crippen molar-refractivity contribution in [3.05, 3.63) is 82.5 Å². The van der Waals surface area contributed by atoms with E-state index in [2.05, 4.69) is 20.6 Å². The van der Waals surface area contributed by atoms with Crippen LogP contribution >= 0.6 is 11.3 Å². The van der Waals surface area contributed by atoms with Crippen molar-refractivity contribution in [2.45, 2.75) is 13.0 Å². The number of nitrogens with zero attached hydrogens (tertiary/aromatic N) is 4. The minimum Gasteiger partial charge on any atom is -0.495 e. The average molecular weight is 445 g/mol. The normalized spacial score (nSPS) is 15.1. The zero-order valence-electron chi connectivity index (χ0n) is 17.4. The molecule has 4 aromatic rings. The summed E-state index contributed by atoms with van der Waals surface area (Å²) in [4.78, 5) is 23.3. The number of aromatic nitrogens is 4. The summed E-state index contributed by atoms with van der Waals surface area (Å²) in [6.45, 7) is 1.87. The molecule has 4 heterocycles. The molecule has 9 heteroatoms. The Morgan fingerprint density at radius 1 is 1.19 bits per heavy atom. The first-order valence-corrected chi connectivity index (χ1v) is 10.9. The number of thiophene rings is 1. The second-order valence-electron chi connectivity index (χ2n) is 7.18. The molecule has 1 aliphatic heterocycles. The van der Waals surface area contributed by atoms with Crippen molar-refractivity contribution in [2.75, 3.05) is 17.7 Å². The van der Waals surface area contributed by atoms with Gasteiger partial charge in [0.25, 0.3) is 5.91 Å². The van der Waals surface area contributed by atoms with Crippen molar-refractivity contribution in [1.82, 2.24) is 19.7 Å². The van der Waals surface area contributed by atoms with Gasteiger partial charge < -0.3 is 15.4 Å². The summed E-state index contributed by atoms with van der Waals surface area (Å²) in [5.41, 5.74) is 2.69. The first-order chi connectivity index (χ1) is 15.7. The van der Waals surface area contributed by atoms with Crippen LogP contribution in [0.1, 0.15) is 17.8 Å². The predicted octanol–water partition coefficient (Wildman–Crippen LogP) is 4.34. The fourth-order valence-corrected chi connectivity index (χ4v) is 4.53. The zero-order chi connectivity index (χ0) is 22.1. The number of hydrogen-bond donors (Lipinski definition) is 2. The topological polar surface area (TPSA) is 94.0 Å². The molecule has 1 atom stereocenters. The Kier molecular flexibility index (Phi) is 5.16. The van der Waals surface area contributed by atoms with E-state index >= 15 is 0 Å². The molecular formula is C23H20N6O2S. The van der Waals surface area contributed by atoms with E-state index in [1.165, 1.54) is 0 Å². The second-order valence-corrected chi connectivity index (χ2v) is 8.16. The molecule has 8 nitrogen and oxygen atoms in total. The fraction of sp³-hybridized carbons (Fsp3) is 0.130. The molecular weight excluding hydrogens is 424 g/mol. The molecule has 1 amide bonds. The summed E-state index contributed by atoms with van der Waals surface area (Å²) in [6.07, 6.45) is 3.43. The largest absolute Gasteiger partial charge is 0.495 e. The summed E-state index contributed by atoms with van der Waals surface area (Å²) in [5, 5.41) is 13.0. The number of rotatable bonds is 5. The summed E-state index contributed by atoms with van der Waals surface area (Å²) in [5.74, 6) is 1.48. The molecule has 0 saturated heterocycles. The third-order valence-electron chi connectivity index (χ3n) is 5.18. The van der Waals surface area contributed by atoms with Gasteiger partial charge >= 0.3 is 0 Å². The van der Waals surface area contributed by atoms with E-state index in [0.29, 0.717) is 34.5 Å². The lowest BCUT2D eigenvalue weighted by Gasteiger charge is -2.27. The van der Waals surface area contributed by atoms with Gasteiger partial charge in [-0.2, -0.15) is 4.98 Å². The van der Waals surface area contributed by atoms with Crippen LogP contribution in [0.25, 0.3) is 11.4 Å². The van der Waals surface area contributed by atoms with Crippen LogP contribution in [0.5, 0.6) is 5.75 Å². The predicted molar refractivity (Wildman–Crippen MR) is 124 cm³/mol. The van der Waals surface area contributed by atoms with E-state index in [9.17, 15) is 4.79 Å². The van der Waals surface area contributed by atoms with Gasteiger partial charge in [-0.1, -0.05) is 18.2 Å². The smallest absolute Gasteiger partial charge is 0.256 e. The van der Waals surface area contributed by atoms with Crippen LogP contribution in [0, 0.1) is 0 Å². The molecule has 1 aliphatic rings. The van der Waals surface area contributed by atoms with Gasteiger partial charge in [-0.25, -0.2) is 4.68 Å². The minimum atomic E-state index is -0.418. The van der Waals surface area contributed by atoms with Crippen molar-refractivity contribution in [2.24, 2.45) is 0 Å². The average Bonchev–Trinajstić information content (AvgIpc) is 3.49. The number of hydrogen-bond acceptors (Lipinski definition) is 7. The molecule has 32 heavy (non-hydrogen) atoms. The van der Waals surface area contributed by atoms with E-state index in [1.54, 1.807) is 35.5 Å². The van der Waals surface area contributed by atoms with Crippen LogP contribution in [-0.2, 0) is 4.79 Å². The molecule has 1 aromatic carbocycles. The Morgan fingerprint density at radius 3 is 2.81 bits per heavy atom. The van der Waals surface area contributed by atoms with Crippen molar-refractivity contribution in [3.63, 3.8) is 0 Å².